The summed E-state index contributed by atoms with van der Waals surface area (Å²) < 4.78 is 39.5. The van der Waals surface area contributed by atoms with Crippen molar-refractivity contribution in [2.24, 2.45) is 11.3 Å². The van der Waals surface area contributed by atoms with Crippen LogP contribution in [0.4, 0.5) is 4.79 Å². The number of carbonyl (C=O) groups is 2. The van der Waals surface area contributed by atoms with E-state index in [1.165, 1.54) is 0 Å². The molecule has 3 heterocycles. The van der Waals surface area contributed by atoms with Gasteiger partial charge in [0.2, 0.25) is 0 Å². The van der Waals surface area contributed by atoms with Gasteiger partial charge in [-0.2, -0.15) is 0 Å². The second-order valence-corrected chi connectivity index (χ2v) is 9.16. The summed E-state index contributed by atoms with van der Waals surface area (Å²) in [5.41, 5.74) is -1.07. The van der Waals surface area contributed by atoms with E-state index in [2.05, 4.69) is 0 Å². The Morgan fingerprint density at radius 3 is 2.21 bits per heavy atom. The fourth-order valence-electron chi connectivity index (χ4n) is 4.32. The zero-order valence-corrected chi connectivity index (χ0v) is 16.9. The van der Waals surface area contributed by atoms with E-state index < -0.39 is 41.3 Å². The number of ether oxygens (including phenoxy) is 7. The number of hydrogen-bond donors (Lipinski definition) is 0. The Labute approximate surface area is 163 Å². The highest BCUT2D eigenvalue weighted by molar-refractivity contribution is 5.78. The first kappa shape index (κ1) is 19.9. The van der Waals surface area contributed by atoms with Crippen LogP contribution in [-0.4, -0.2) is 67.9 Å². The van der Waals surface area contributed by atoms with Crippen molar-refractivity contribution in [2.45, 2.75) is 77.0 Å². The molecule has 4 aliphatic rings. The summed E-state index contributed by atoms with van der Waals surface area (Å²) in [6.07, 6.45) is -1.53. The van der Waals surface area contributed by atoms with Gasteiger partial charge in [-0.25, -0.2) is 4.79 Å². The molecule has 0 spiro atoms. The topological polar surface area (TPSA) is 98.8 Å². The zero-order valence-electron chi connectivity index (χ0n) is 16.9. The molecular weight excluding hydrogens is 372 g/mol. The van der Waals surface area contributed by atoms with Gasteiger partial charge in [0.25, 0.3) is 0 Å². The highest BCUT2D eigenvalue weighted by atomic mass is 16.8. The summed E-state index contributed by atoms with van der Waals surface area (Å²) in [6, 6.07) is 0. The molecule has 3 aliphatic heterocycles. The van der Waals surface area contributed by atoms with Crippen LogP contribution in [-0.2, 0) is 38.0 Å². The average molecular weight is 400 g/mol. The van der Waals surface area contributed by atoms with E-state index in [1.807, 2.05) is 27.7 Å². The van der Waals surface area contributed by atoms with Crippen molar-refractivity contribution in [1.29, 1.82) is 0 Å². The van der Waals surface area contributed by atoms with Crippen LogP contribution in [0.15, 0.2) is 0 Å². The highest BCUT2D eigenvalue weighted by Crippen LogP contribution is 2.46. The Morgan fingerprint density at radius 1 is 0.964 bits per heavy atom. The first-order valence-electron chi connectivity index (χ1n) is 9.66. The van der Waals surface area contributed by atoms with E-state index in [1.54, 1.807) is 6.92 Å². The van der Waals surface area contributed by atoms with Crippen molar-refractivity contribution in [2.75, 3.05) is 19.8 Å². The summed E-state index contributed by atoms with van der Waals surface area (Å²) in [4.78, 5) is 24.1. The summed E-state index contributed by atoms with van der Waals surface area (Å²) in [7, 11) is 0. The van der Waals surface area contributed by atoms with Crippen molar-refractivity contribution in [3.05, 3.63) is 0 Å². The van der Waals surface area contributed by atoms with Gasteiger partial charge >= 0.3 is 12.1 Å². The number of rotatable bonds is 3. The maximum Gasteiger partial charge on any atom is 0.508 e. The molecule has 0 amide bonds. The predicted molar refractivity (Wildman–Crippen MR) is 92.1 cm³/mol. The molecule has 9 nitrogen and oxygen atoms in total. The normalized spacial score (nSPS) is 40.5. The molecule has 9 heteroatoms. The van der Waals surface area contributed by atoms with Gasteiger partial charge in [0.05, 0.1) is 18.8 Å². The molecule has 5 atom stereocenters. The lowest BCUT2D eigenvalue weighted by atomic mass is 9.92. The zero-order chi connectivity index (χ0) is 20.3. The minimum atomic E-state index is -1.07. The quantitative estimate of drug-likeness (QED) is 0.656. The van der Waals surface area contributed by atoms with E-state index in [4.69, 9.17) is 33.2 Å². The largest absolute Gasteiger partial charge is 0.508 e. The molecule has 0 bridgehead atoms. The van der Waals surface area contributed by atoms with Gasteiger partial charge < -0.3 is 33.2 Å². The minimum Gasteiger partial charge on any atom is -0.458 e. The maximum atomic E-state index is 13.0. The van der Waals surface area contributed by atoms with E-state index in [0.717, 1.165) is 0 Å². The third-order valence-corrected chi connectivity index (χ3v) is 5.73. The third kappa shape index (κ3) is 3.60. The van der Waals surface area contributed by atoms with E-state index in [0.29, 0.717) is 13.0 Å². The molecule has 0 aromatic carbocycles. The average Bonchev–Trinajstić information content (AvgIpc) is 3.20. The van der Waals surface area contributed by atoms with Crippen LogP contribution in [0.5, 0.6) is 0 Å². The highest BCUT2D eigenvalue weighted by Gasteiger charge is 2.59. The summed E-state index contributed by atoms with van der Waals surface area (Å²) in [6.45, 7) is 9.28. The fraction of sp³-hybridized carbons (Fsp3) is 0.895. The number of cyclic esters (lactones) is 2. The van der Waals surface area contributed by atoms with Gasteiger partial charge in [-0.15, -0.1) is 0 Å². The van der Waals surface area contributed by atoms with Crippen molar-refractivity contribution < 1.29 is 42.7 Å². The van der Waals surface area contributed by atoms with Gasteiger partial charge in [-0.1, -0.05) is 0 Å². The molecule has 4 fully saturated rings. The summed E-state index contributed by atoms with van der Waals surface area (Å²) >= 11 is 0. The Balaban J connectivity index is 1.52. The molecule has 28 heavy (non-hydrogen) atoms. The van der Waals surface area contributed by atoms with E-state index >= 15 is 0 Å². The number of hydrogen-bond acceptors (Lipinski definition) is 9. The van der Waals surface area contributed by atoms with Crippen LogP contribution in [0.1, 0.15) is 41.0 Å². The molecule has 158 valence electrons. The van der Waals surface area contributed by atoms with E-state index in [9.17, 15) is 9.59 Å². The van der Waals surface area contributed by atoms with E-state index in [-0.39, 0.29) is 31.3 Å². The molecule has 1 unspecified atom stereocenters. The summed E-state index contributed by atoms with van der Waals surface area (Å²) in [5, 5.41) is 0. The number of fused-ring (bicyclic) bond motifs is 1. The molecule has 0 radical (unpaired) electrons. The molecule has 0 aromatic rings. The smallest absolute Gasteiger partial charge is 0.458 e. The van der Waals surface area contributed by atoms with Gasteiger partial charge in [0, 0.05) is 5.92 Å². The second kappa shape index (κ2) is 6.55. The number of carbonyl (C=O) groups excluding carboxylic acids is 2. The lowest BCUT2D eigenvalue weighted by Crippen LogP contribution is -2.48. The van der Waals surface area contributed by atoms with Crippen molar-refractivity contribution >= 4 is 12.1 Å². The molecule has 0 aromatic heterocycles. The lowest BCUT2D eigenvalue weighted by Gasteiger charge is -2.34. The van der Waals surface area contributed by atoms with Gasteiger partial charge in [0.15, 0.2) is 11.6 Å². The number of esters is 1. The third-order valence-electron chi connectivity index (χ3n) is 5.73. The molecule has 1 aliphatic carbocycles. The molecule has 3 saturated heterocycles. The molecule has 4 rings (SSSR count). The fourth-order valence-corrected chi connectivity index (χ4v) is 4.32. The Kier molecular flexibility index (Phi) is 4.65. The predicted octanol–water partition coefficient (Wildman–Crippen LogP) is 1.76. The monoisotopic (exact) mass is 400 g/mol. The molecule has 1 saturated carbocycles. The Hall–Kier alpha value is -1.42. The van der Waals surface area contributed by atoms with Crippen LogP contribution in [0, 0.1) is 11.3 Å². The standard InChI is InChI=1S/C19H28O9/c1-17(2)24-7-12(27-17)10-6-11-14(28-18(3,4)26-11)13(10)25-15(20)19(5)8-22-16(21)23-9-19/h10-14H,6-9H2,1-5H3/t10-,11+,12?,13+,14+/m1/s1. The van der Waals surface area contributed by atoms with Crippen LogP contribution >= 0.6 is 0 Å². The minimum absolute atomic E-state index is 0.0882. The summed E-state index contributed by atoms with van der Waals surface area (Å²) in [5.74, 6) is -2.06. The van der Waals surface area contributed by atoms with Crippen LogP contribution in [0.2, 0.25) is 0 Å². The maximum absolute atomic E-state index is 13.0. The first-order valence-corrected chi connectivity index (χ1v) is 9.66. The Bertz CT molecular complexity index is 648. The SMILES string of the molecule is CC1(C)OCC([C@H]2C[C@@H]3OC(C)(C)O[C@@H]3[C@H]2OC(=O)C2(C)COC(=O)OC2)O1. The van der Waals surface area contributed by atoms with Crippen LogP contribution in [0.25, 0.3) is 0 Å². The lowest BCUT2D eigenvalue weighted by molar-refractivity contribution is -0.201. The first-order chi connectivity index (χ1) is 13.0. The second-order valence-electron chi connectivity index (χ2n) is 9.16. The van der Waals surface area contributed by atoms with Gasteiger partial charge in [-0.3, -0.25) is 4.79 Å². The van der Waals surface area contributed by atoms with Gasteiger partial charge in [-0.05, 0) is 41.0 Å². The van der Waals surface area contributed by atoms with Crippen molar-refractivity contribution in [3.63, 3.8) is 0 Å². The molecule has 0 N–H and O–H groups in total. The van der Waals surface area contributed by atoms with Crippen LogP contribution in [0.3, 0.4) is 0 Å². The van der Waals surface area contributed by atoms with Crippen molar-refractivity contribution in [3.8, 4) is 0 Å². The molecular formula is C19H28O9. The van der Waals surface area contributed by atoms with Crippen molar-refractivity contribution in [1.82, 2.24) is 0 Å². The van der Waals surface area contributed by atoms with Crippen LogP contribution < -0.4 is 0 Å². The van der Waals surface area contributed by atoms with Gasteiger partial charge in [0.1, 0.15) is 30.8 Å². The Morgan fingerprint density at radius 2 is 1.61 bits per heavy atom.